The number of carboxylic acid groups (broad SMARTS) is 1. The second kappa shape index (κ2) is 11.2. The van der Waals surface area contributed by atoms with E-state index in [1.165, 1.54) is 0 Å². The fourth-order valence-electron chi connectivity index (χ4n) is 4.54. The number of halogens is 3. The largest absolute Gasteiger partial charge is 0.490 e. The first kappa shape index (κ1) is 27.4. The third-order valence-electron chi connectivity index (χ3n) is 6.42. The van der Waals surface area contributed by atoms with Crippen LogP contribution in [0, 0.1) is 5.41 Å². The number of rotatable bonds is 5. The number of carboxylic acids is 1. The average Bonchev–Trinajstić information content (AvgIpc) is 3.23. The number of amides is 1. The summed E-state index contributed by atoms with van der Waals surface area (Å²) in [6.45, 7) is 7.67. The maximum Gasteiger partial charge on any atom is 0.490 e. The molecule has 10 nitrogen and oxygen atoms in total. The Kier molecular flexibility index (Phi) is 8.54. The van der Waals surface area contributed by atoms with Gasteiger partial charge in [0, 0.05) is 37.3 Å². The SMILES string of the molecule is COc1ncccc1CN1CCC2(CCc3nnc(C(=O)NC(C)C)n3C2)CC1.O=C(O)C(F)(F)F. The predicted octanol–water partition coefficient (Wildman–Crippen LogP) is 2.68. The van der Waals surface area contributed by atoms with Crippen LogP contribution < -0.4 is 10.1 Å². The van der Waals surface area contributed by atoms with E-state index in [1.807, 2.05) is 19.9 Å². The van der Waals surface area contributed by atoms with Crippen molar-refractivity contribution in [3.8, 4) is 5.88 Å². The molecule has 2 aromatic rings. The Bertz CT molecular complexity index is 1060. The van der Waals surface area contributed by atoms with E-state index in [0.717, 1.165) is 63.3 Å². The summed E-state index contributed by atoms with van der Waals surface area (Å²) in [4.78, 5) is 28.2. The van der Waals surface area contributed by atoms with Gasteiger partial charge < -0.3 is 19.7 Å². The van der Waals surface area contributed by atoms with Crippen molar-refractivity contribution in [1.82, 2.24) is 30.0 Å². The molecule has 4 rings (SSSR count). The molecule has 2 aliphatic heterocycles. The zero-order chi connectivity index (χ0) is 26.5. The van der Waals surface area contributed by atoms with E-state index in [0.29, 0.717) is 11.7 Å². The lowest BCUT2D eigenvalue weighted by molar-refractivity contribution is -0.192. The van der Waals surface area contributed by atoms with Crippen molar-refractivity contribution in [1.29, 1.82) is 0 Å². The molecule has 1 fully saturated rings. The average molecular weight is 513 g/mol. The van der Waals surface area contributed by atoms with Gasteiger partial charge in [-0.1, -0.05) is 6.07 Å². The first-order valence-electron chi connectivity index (χ1n) is 11.7. The minimum absolute atomic E-state index is 0.0840. The van der Waals surface area contributed by atoms with Crippen molar-refractivity contribution >= 4 is 11.9 Å². The Morgan fingerprint density at radius 3 is 2.47 bits per heavy atom. The molecule has 13 heteroatoms. The number of methoxy groups -OCH3 is 1. The van der Waals surface area contributed by atoms with E-state index in [9.17, 15) is 18.0 Å². The van der Waals surface area contributed by atoms with E-state index < -0.39 is 12.1 Å². The van der Waals surface area contributed by atoms with Crippen molar-refractivity contribution in [3.05, 3.63) is 35.5 Å². The number of ether oxygens (including phenoxy) is 1. The van der Waals surface area contributed by atoms with Crippen molar-refractivity contribution in [2.24, 2.45) is 5.41 Å². The molecule has 2 N–H and O–H groups in total. The third-order valence-corrected chi connectivity index (χ3v) is 6.42. The summed E-state index contributed by atoms with van der Waals surface area (Å²) in [7, 11) is 1.67. The monoisotopic (exact) mass is 512 g/mol. The fraction of sp³-hybridized carbons (Fsp3) is 0.609. The van der Waals surface area contributed by atoms with Crippen LogP contribution >= 0.6 is 0 Å². The predicted molar refractivity (Wildman–Crippen MR) is 122 cm³/mol. The normalized spacial score (nSPS) is 17.2. The highest BCUT2D eigenvalue weighted by molar-refractivity contribution is 5.90. The topological polar surface area (TPSA) is 122 Å². The van der Waals surface area contributed by atoms with Gasteiger partial charge in [0.15, 0.2) is 0 Å². The quantitative estimate of drug-likeness (QED) is 0.627. The minimum Gasteiger partial charge on any atom is -0.481 e. The molecule has 4 heterocycles. The molecule has 0 aliphatic carbocycles. The summed E-state index contributed by atoms with van der Waals surface area (Å²) in [6.07, 6.45) is 0.898. The highest BCUT2D eigenvalue weighted by Gasteiger charge is 2.40. The maximum absolute atomic E-state index is 12.5. The summed E-state index contributed by atoms with van der Waals surface area (Å²) in [5, 5.41) is 18.5. The molecular weight excluding hydrogens is 481 g/mol. The lowest BCUT2D eigenvalue weighted by Crippen LogP contribution is -2.45. The molecular formula is C23H31F3N6O4. The number of nitrogens with zero attached hydrogens (tertiary/aromatic N) is 5. The van der Waals surface area contributed by atoms with Crippen LogP contribution in [0.4, 0.5) is 13.2 Å². The molecule has 0 atom stereocenters. The van der Waals surface area contributed by atoms with E-state index in [-0.39, 0.29) is 17.4 Å². The van der Waals surface area contributed by atoms with E-state index in [2.05, 4.69) is 36.0 Å². The second-order valence-corrected chi connectivity index (χ2v) is 9.41. The number of pyridine rings is 1. The highest BCUT2D eigenvalue weighted by atomic mass is 19.4. The van der Waals surface area contributed by atoms with E-state index in [4.69, 9.17) is 14.6 Å². The Morgan fingerprint density at radius 1 is 1.22 bits per heavy atom. The van der Waals surface area contributed by atoms with Crippen LogP contribution in [0.2, 0.25) is 0 Å². The van der Waals surface area contributed by atoms with Crippen LogP contribution in [-0.2, 0) is 24.3 Å². The lowest BCUT2D eigenvalue weighted by atomic mass is 9.73. The number of fused-ring (bicyclic) bond motifs is 1. The first-order valence-corrected chi connectivity index (χ1v) is 11.7. The number of alkyl halides is 3. The molecule has 1 amide bonds. The molecule has 0 unspecified atom stereocenters. The maximum atomic E-state index is 12.5. The van der Waals surface area contributed by atoms with Gasteiger partial charge >= 0.3 is 12.1 Å². The molecule has 1 saturated heterocycles. The van der Waals surface area contributed by atoms with Crippen LogP contribution in [0.1, 0.15) is 55.1 Å². The molecule has 198 valence electrons. The van der Waals surface area contributed by atoms with Crippen LogP contribution in [0.15, 0.2) is 18.3 Å². The van der Waals surface area contributed by atoms with Gasteiger partial charge in [0.1, 0.15) is 5.82 Å². The molecule has 0 bridgehead atoms. The van der Waals surface area contributed by atoms with E-state index >= 15 is 0 Å². The molecule has 0 radical (unpaired) electrons. The number of aromatic nitrogens is 4. The number of aryl methyl sites for hydroxylation is 1. The van der Waals surface area contributed by atoms with Gasteiger partial charge in [-0.2, -0.15) is 13.2 Å². The Balaban J connectivity index is 0.000000454. The van der Waals surface area contributed by atoms with Crippen molar-refractivity contribution < 1.29 is 32.6 Å². The number of nitrogens with one attached hydrogen (secondary N) is 1. The van der Waals surface area contributed by atoms with E-state index in [1.54, 1.807) is 13.3 Å². The minimum atomic E-state index is -5.08. The number of hydrogen-bond acceptors (Lipinski definition) is 7. The number of hydrogen-bond donors (Lipinski definition) is 2. The number of piperidine rings is 1. The van der Waals surface area contributed by atoms with Crippen molar-refractivity contribution in [3.63, 3.8) is 0 Å². The van der Waals surface area contributed by atoms with Gasteiger partial charge in [-0.3, -0.25) is 9.69 Å². The van der Waals surface area contributed by atoms with Gasteiger partial charge in [0.2, 0.25) is 11.7 Å². The Hall–Kier alpha value is -3.22. The zero-order valence-electron chi connectivity index (χ0n) is 20.5. The smallest absolute Gasteiger partial charge is 0.481 e. The molecule has 2 aromatic heterocycles. The molecule has 36 heavy (non-hydrogen) atoms. The first-order chi connectivity index (χ1) is 16.9. The van der Waals surface area contributed by atoms with Gasteiger partial charge in [0.05, 0.1) is 7.11 Å². The van der Waals surface area contributed by atoms with Crippen LogP contribution in [0.5, 0.6) is 5.88 Å². The van der Waals surface area contributed by atoms with Crippen molar-refractivity contribution in [2.75, 3.05) is 20.2 Å². The van der Waals surface area contributed by atoms with Gasteiger partial charge in [-0.05, 0) is 57.7 Å². The van der Waals surface area contributed by atoms with Crippen LogP contribution in [-0.4, -0.2) is 74.0 Å². The molecule has 2 aliphatic rings. The fourth-order valence-corrected chi connectivity index (χ4v) is 4.54. The highest BCUT2D eigenvalue weighted by Crippen LogP contribution is 2.41. The van der Waals surface area contributed by atoms with Crippen molar-refractivity contribution in [2.45, 2.75) is 64.8 Å². The molecule has 0 saturated carbocycles. The lowest BCUT2D eigenvalue weighted by Gasteiger charge is -2.44. The summed E-state index contributed by atoms with van der Waals surface area (Å²) in [5.41, 5.74) is 1.35. The number of aliphatic carboxylic acids is 1. The molecule has 1 spiro atoms. The molecule has 0 aromatic carbocycles. The van der Waals surface area contributed by atoms with Crippen LogP contribution in [0.3, 0.4) is 0 Å². The number of carbonyl (C=O) groups is 2. The Labute approximate surface area is 206 Å². The summed E-state index contributed by atoms with van der Waals surface area (Å²) >= 11 is 0. The second-order valence-electron chi connectivity index (χ2n) is 9.41. The van der Waals surface area contributed by atoms with Crippen LogP contribution in [0.25, 0.3) is 0 Å². The zero-order valence-corrected chi connectivity index (χ0v) is 20.5. The van der Waals surface area contributed by atoms with Gasteiger partial charge in [-0.15, -0.1) is 10.2 Å². The standard InChI is InChI=1S/C21H30N6O2.C2HF3O2/c1-15(2)23-19(28)18-25-24-17-6-7-21(14-27(17)18)8-11-26(12-9-21)13-16-5-4-10-22-20(16)29-3;3-2(4,5)1(6)7/h4-5,10,15H,6-9,11-14H2,1-3H3,(H,23,28);(H,6,7). The summed E-state index contributed by atoms with van der Waals surface area (Å²) in [6, 6.07) is 4.13. The number of likely N-dealkylation sites (tertiary alicyclic amines) is 1. The van der Waals surface area contributed by atoms with Gasteiger partial charge in [0.25, 0.3) is 5.91 Å². The Morgan fingerprint density at radius 2 is 1.89 bits per heavy atom. The third kappa shape index (κ3) is 6.71. The summed E-state index contributed by atoms with van der Waals surface area (Å²) in [5.74, 6) is -0.785. The number of carbonyl (C=O) groups excluding carboxylic acids is 1. The summed E-state index contributed by atoms with van der Waals surface area (Å²) < 4.78 is 39.2. The van der Waals surface area contributed by atoms with Gasteiger partial charge in [-0.25, -0.2) is 9.78 Å².